The van der Waals surface area contributed by atoms with Crippen molar-refractivity contribution >= 4 is 28.3 Å². The summed E-state index contributed by atoms with van der Waals surface area (Å²) in [5, 5.41) is 22.5. The number of rotatable bonds is 3. The average Bonchev–Trinajstić information content (AvgIpc) is 2.86. The van der Waals surface area contributed by atoms with Crippen LogP contribution in [0.15, 0.2) is 11.7 Å². The van der Waals surface area contributed by atoms with Gasteiger partial charge in [0.15, 0.2) is 0 Å². The maximum absolute atomic E-state index is 11.8. The Morgan fingerprint density at radius 1 is 1.53 bits per heavy atom. The molecule has 1 amide bonds. The molecule has 88 valence electrons. The van der Waals surface area contributed by atoms with E-state index in [1.165, 1.54) is 17.2 Å². The Balaban J connectivity index is 2.30. The van der Waals surface area contributed by atoms with Gasteiger partial charge >= 0.3 is 5.97 Å². The van der Waals surface area contributed by atoms with Crippen molar-refractivity contribution in [2.24, 2.45) is 7.05 Å². The molecule has 17 heavy (non-hydrogen) atoms. The first-order valence-electron chi connectivity index (χ1n) is 4.42. The number of aryl methyl sites for hydroxylation is 1. The van der Waals surface area contributed by atoms with Gasteiger partial charge < -0.3 is 5.11 Å². The molecule has 0 bridgehead atoms. The lowest BCUT2D eigenvalue weighted by atomic mass is 10.2. The second kappa shape index (κ2) is 4.29. The van der Waals surface area contributed by atoms with E-state index in [9.17, 15) is 9.59 Å². The molecule has 2 aromatic rings. The second-order valence-electron chi connectivity index (χ2n) is 3.03. The van der Waals surface area contributed by atoms with Crippen molar-refractivity contribution in [3.63, 3.8) is 0 Å². The Hall–Kier alpha value is -2.29. The van der Waals surface area contributed by atoms with Crippen molar-refractivity contribution in [3.8, 4) is 0 Å². The van der Waals surface area contributed by atoms with Gasteiger partial charge in [-0.25, -0.2) is 4.79 Å². The number of nitrogens with one attached hydrogen (secondary N) is 1. The van der Waals surface area contributed by atoms with Crippen LogP contribution in [0.3, 0.4) is 0 Å². The maximum Gasteiger partial charge on any atom is 0.339 e. The van der Waals surface area contributed by atoms with Crippen molar-refractivity contribution in [3.05, 3.63) is 23.0 Å². The van der Waals surface area contributed by atoms with Gasteiger partial charge in [-0.05, 0) is 0 Å². The third-order valence-electron chi connectivity index (χ3n) is 1.96. The molecule has 2 aromatic heterocycles. The van der Waals surface area contributed by atoms with Gasteiger partial charge in [0.1, 0.15) is 16.8 Å². The van der Waals surface area contributed by atoms with Crippen LogP contribution in [-0.4, -0.2) is 37.0 Å². The van der Waals surface area contributed by atoms with Gasteiger partial charge in [0.05, 0.1) is 6.20 Å². The highest BCUT2D eigenvalue weighted by atomic mass is 32.1. The van der Waals surface area contributed by atoms with Crippen LogP contribution in [0.5, 0.6) is 0 Å². The van der Waals surface area contributed by atoms with Crippen molar-refractivity contribution in [2.75, 3.05) is 5.32 Å². The van der Waals surface area contributed by atoms with Crippen LogP contribution >= 0.6 is 11.3 Å². The molecule has 0 saturated carbocycles. The fourth-order valence-corrected chi connectivity index (χ4v) is 1.69. The summed E-state index contributed by atoms with van der Waals surface area (Å²) in [6.45, 7) is 0. The number of amides is 1. The van der Waals surface area contributed by atoms with Crippen LogP contribution in [0, 0.1) is 0 Å². The number of aromatic nitrogens is 4. The zero-order valence-electron chi connectivity index (χ0n) is 8.62. The van der Waals surface area contributed by atoms with Gasteiger partial charge in [-0.3, -0.25) is 14.8 Å². The van der Waals surface area contributed by atoms with Crippen LogP contribution < -0.4 is 5.32 Å². The lowest BCUT2D eigenvalue weighted by Gasteiger charge is -2.02. The summed E-state index contributed by atoms with van der Waals surface area (Å²) >= 11 is 1.14. The largest absolute Gasteiger partial charge is 0.478 e. The molecule has 0 radical (unpaired) electrons. The number of aromatic carboxylic acids is 1. The molecule has 0 aromatic carbocycles. The first kappa shape index (κ1) is 11.2. The first-order valence-corrected chi connectivity index (χ1v) is 5.30. The summed E-state index contributed by atoms with van der Waals surface area (Å²) in [7, 11) is 1.49. The van der Waals surface area contributed by atoms with Crippen LogP contribution in [0.25, 0.3) is 0 Å². The van der Waals surface area contributed by atoms with E-state index in [4.69, 9.17) is 5.11 Å². The zero-order chi connectivity index (χ0) is 12.4. The highest BCUT2D eigenvalue weighted by Crippen LogP contribution is 2.13. The number of nitrogens with zero attached hydrogens (tertiary/aromatic N) is 4. The number of carbonyl (C=O) groups excluding carboxylic acids is 1. The molecule has 8 nitrogen and oxygen atoms in total. The SMILES string of the molecule is Cn1ncc(C(=O)O)c1C(=O)Nc1nncs1. The average molecular weight is 253 g/mol. The minimum Gasteiger partial charge on any atom is -0.478 e. The van der Waals surface area contributed by atoms with E-state index < -0.39 is 11.9 Å². The van der Waals surface area contributed by atoms with Crippen molar-refractivity contribution < 1.29 is 14.7 Å². The maximum atomic E-state index is 11.8. The zero-order valence-corrected chi connectivity index (χ0v) is 9.43. The molecule has 0 spiro atoms. The molecule has 0 fully saturated rings. The number of hydrogen-bond donors (Lipinski definition) is 2. The quantitative estimate of drug-likeness (QED) is 0.809. The van der Waals surface area contributed by atoms with Gasteiger partial charge in [-0.1, -0.05) is 11.3 Å². The molecule has 0 aliphatic rings. The van der Waals surface area contributed by atoms with Crippen LogP contribution in [0.4, 0.5) is 5.13 Å². The van der Waals surface area contributed by atoms with E-state index in [2.05, 4.69) is 20.6 Å². The van der Waals surface area contributed by atoms with Crippen molar-refractivity contribution in [1.29, 1.82) is 0 Å². The van der Waals surface area contributed by atoms with Gasteiger partial charge in [-0.2, -0.15) is 5.10 Å². The Labute approximate surface area is 98.9 Å². The standard InChI is InChI=1S/C8H7N5O3S/c1-13-5(4(2-10-13)7(15)16)6(14)11-8-12-9-3-17-8/h2-3H,1H3,(H,15,16)(H,11,12,14). The highest BCUT2D eigenvalue weighted by Gasteiger charge is 2.22. The third kappa shape index (κ3) is 2.13. The predicted octanol–water partition coefficient (Wildman–Crippen LogP) is 0.222. The van der Waals surface area contributed by atoms with Crippen molar-refractivity contribution in [1.82, 2.24) is 20.0 Å². The van der Waals surface area contributed by atoms with E-state index >= 15 is 0 Å². The molecule has 2 N–H and O–H groups in total. The molecule has 0 aliphatic carbocycles. The minimum atomic E-state index is -1.21. The summed E-state index contributed by atoms with van der Waals surface area (Å²) in [5.74, 6) is -1.79. The number of carboxylic acids is 1. The predicted molar refractivity (Wildman–Crippen MR) is 58.0 cm³/mol. The van der Waals surface area contributed by atoms with Crippen LogP contribution in [0.1, 0.15) is 20.8 Å². The summed E-state index contributed by atoms with van der Waals surface area (Å²) in [5.41, 5.74) is 1.26. The fraction of sp³-hybridized carbons (Fsp3) is 0.125. The van der Waals surface area contributed by atoms with Crippen LogP contribution in [-0.2, 0) is 7.05 Å². The van der Waals surface area contributed by atoms with Gasteiger partial charge in [0.25, 0.3) is 5.91 Å². The van der Waals surface area contributed by atoms with E-state index in [1.807, 2.05) is 0 Å². The Morgan fingerprint density at radius 2 is 2.29 bits per heavy atom. The minimum absolute atomic E-state index is 0.0345. The normalized spacial score (nSPS) is 10.2. The molecular weight excluding hydrogens is 246 g/mol. The van der Waals surface area contributed by atoms with E-state index in [0.717, 1.165) is 17.5 Å². The van der Waals surface area contributed by atoms with Crippen LogP contribution in [0.2, 0.25) is 0 Å². The number of carbonyl (C=O) groups is 2. The molecular formula is C8H7N5O3S. The van der Waals surface area contributed by atoms with E-state index in [0.29, 0.717) is 5.13 Å². The summed E-state index contributed by atoms with van der Waals surface area (Å²) < 4.78 is 1.19. The molecule has 0 unspecified atom stereocenters. The highest BCUT2D eigenvalue weighted by molar-refractivity contribution is 7.13. The first-order chi connectivity index (χ1) is 8.09. The number of hydrogen-bond acceptors (Lipinski definition) is 6. The number of carboxylic acid groups (broad SMARTS) is 1. The monoisotopic (exact) mass is 253 g/mol. The second-order valence-corrected chi connectivity index (χ2v) is 3.87. The lowest BCUT2D eigenvalue weighted by molar-refractivity contribution is 0.0692. The summed E-state index contributed by atoms with van der Waals surface area (Å²) in [6.07, 6.45) is 1.12. The molecule has 9 heteroatoms. The fourth-order valence-electron chi connectivity index (χ4n) is 1.25. The molecule has 2 rings (SSSR count). The van der Waals surface area contributed by atoms with Gasteiger partial charge in [0, 0.05) is 7.05 Å². The van der Waals surface area contributed by atoms with E-state index in [1.54, 1.807) is 0 Å². The number of anilines is 1. The van der Waals surface area contributed by atoms with E-state index in [-0.39, 0.29) is 11.3 Å². The third-order valence-corrected chi connectivity index (χ3v) is 2.57. The summed E-state index contributed by atoms with van der Waals surface area (Å²) in [6, 6.07) is 0. The Morgan fingerprint density at radius 3 is 2.88 bits per heavy atom. The molecule has 0 saturated heterocycles. The van der Waals surface area contributed by atoms with Gasteiger partial charge in [0.2, 0.25) is 5.13 Å². The summed E-state index contributed by atoms with van der Waals surface area (Å²) in [4.78, 5) is 22.7. The topological polar surface area (TPSA) is 110 Å². The smallest absolute Gasteiger partial charge is 0.339 e. The molecule has 0 atom stereocenters. The molecule has 2 heterocycles. The van der Waals surface area contributed by atoms with Crippen molar-refractivity contribution in [2.45, 2.75) is 0 Å². The molecule has 0 aliphatic heterocycles. The Kier molecular flexibility index (Phi) is 2.83. The lowest BCUT2D eigenvalue weighted by Crippen LogP contribution is -2.19. The van der Waals surface area contributed by atoms with Gasteiger partial charge in [-0.15, -0.1) is 10.2 Å². The Bertz CT molecular complexity index is 562.